The molecule has 184 valence electrons. The molecule has 2 N–H and O–H groups in total. The summed E-state index contributed by atoms with van der Waals surface area (Å²) in [7, 11) is -2.72. The fourth-order valence-corrected chi connectivity index (χ4v) is 10.1. The van der Waals surface area contributed by atoms with E-state index in [4.69, 9.17) is 4.43 Å². The maximum Gasteiger partial charge on any atom is 0.328 e. The van der Waals surface area contributed by atoms with Gasteiger partial charge in [0, 0.05) is 18.7 Å². The molecule has 2 atom stereocenters. The van der Waals surface area contributed by atoms with E-state index in [0.29, 0.717) is 17.5 Å². The number of nitrogens with one attached hydrogen (secondary N) is 1. The summed E-state index contributed by atoms with van der Waals surface area (Å²) in [6.45, 7) is 7.02. The summed E-state index contributed by atoms with van der Waals surface area (Å²) in [6, 6.07) is 20.6. The molecule has 0 saturated carbocycles. The Balaban J connectivity index is 1.69. The van der Waals surface area contributed by atoms with E-state index in [1.54, 1.807) is 0 Å². The number of aliphatic hydroxyl groups excluding tert-OH is 1. The molecule has 1 heterocycles. The number of aliphatic hydroxyl groups is 1. The topological polar surface area (TPSA) is 84.3 Å². The van der Waals surface area contributed by atoms with Gasteiger partial charge < -0.3 is 9.53 Å². The van der Waals surface area contributed by atoms with Gasteiger partial charge in [-0.2, -0.15) is 0 Å². The molecule has 6 nitrogen and oxygen atoms in total. The third-order valence-electron chi connectivity index (χ3n) is 6.84. The number of H-pyrrole nitrogens is 1. The van der Waals surface area contributed by atoms with Crippen LogP contribution in [-0.4, -0.2) is 36.2 Å². The van der Waals surface area contributed by atoms with Crippen molar-refractivity contribution in [1.29, 1.82) is 0 Å². The maximum absolute atomic E-state index is 12.5. The van der Waals surface area contributed by atoms with Crippen LogP contribution in [0.15, 0.2) is 92.6 Å². The minimum absolute atomic E-state index is 0.0516. The highest BCUT2D eigenvalue weighted by molar-refractivity contribution is 9.10. The Morgan fingerprint density at radius 2 is 1.63 bits per heavy atom. The second-order valence-corrected chi connectivity index (χ2v) is 15.2. The Morgan fingerprint density at radius 1 is 1.06 bits per heavy atom. The van der Waals surface area contributed by atoms with Gasteiger partial charge >= 0.3 is 5.69 Å². The lowest BCUT2D eigenvalue weighted by molar-refractivity contribution is 0.229. The zero-order valence-electron chi connectivity index (χ0n) is 20.2. The average Bonchev–Trinajstić information content (AvgIpc) is 3.25. The van der Waals surface area contributed by atoms with Crippen molar-refractivity contribution in [3.8, 4) is 0 Å². The fourth-order valence-electron chi connectivity index (χ4n) is 5.14. The van der Waals surface area contributed by atoms with Crippen molar-refractivity contribution in [2.24, 2.45) is 5.92 Å². The lowest BCUT2D eigenvalue weighted by atomic mass is 10.0. The molecule has 0 spiro atoms. The van der Waals surface area contributed by atoms with E-state index in [0.717, 1.165) is 5.57 Å². The first-order chi connectivity index (χ1) is 16.7. The van der Waals surface area contributed by atoms with Crippen LogP contribution in [0.4, 0.5) is 0 Å². The molecule has 0 aliphatic heterocycles. The smallest absolute Gasteiger partial charge is 0.328 e. The second-order valence-electron chi connectivity index (χ2n) is 10.0. The second kappa shape index (κ2) is 10.2. The summed E-state index contributed by atoms with van der Waals surface area (Å²) < 4.78 is 8.87. The molecular formula is C27H31BrN2O4Si. The van der Waals surface area contributed by atoms with E-state index in [2.05, 4.69) is 90.2 Å². The first kappa shape index (κ1) is 25.6. The Labute approximate surface area is 214 Å². The van der Waals surface area contributed by atoms with Crippen LogP contribution in [0.3, 0.4) is 0 Å². The Morgan fingerprint density at radius 3 is 2.14 bits per heavy atom. The van der Waals surface area contributed by atoms with Gasteiger partial charge in [-0.25, -0.2) is 4.79 Å². The highest BCUT2D eigenvalue weighted by Gasteiger charge is 2.50. The van der Waals surface area contributed by atoms with Gasteiger partial charge in [0.2, 0.25) is 0 Å². The van der Waals surface area contributed by atoms with Gasteiger partial charge in [-0.1, -0.05) is 87.5 Å². The van der Waals surface area contributed by atoms with E-state index in [-0.39, 0.29) is 23.6 Å². The van der Waals surface area contributed by atoms with Gasteiger partial charge in [-0.3, -0.25) is 14.3 Å². The zero-order chi connectivity index (χ0) is 25.2. The van der Waals surface area contributed by atoms with Crippen molar-refractivity contribution in [2.45, 2.75) is 38.3 Å². The van der Waals surface area contributed by atoms with Gasteiger partial charge in [-0.15, -0.1) is 0 Å². The van der Waals surface area contributed by atoms with E-state index in [1.807, 2.05) is 18.2 Å². The van der Waals surface area contributed by atoms with Gasteiger partial charge in [0.1, 0.15) is 0 Å². The molecular weight excluding hydrogens is 524 g/mol. The van der Waals surface area contributed by atoms with E-state index < -0.39 is 19.6 Å². The Kier molecular flexibility index (Phi) is 7.47. The Bertz CT molecular complexity index is 1270. The van der Waals surface area contributed by atoms with E-state index in [1.165, 1.54) is 21.1 Å². The van der Waals surface area contributed by atoms with E-state index >= 15 is 0 Å². The summed E-state index contributed by atoms with van der Waals surface area (Å²) in [5.41, 5.74) is -0.0744. The number of allylic oxidation sites excluding steroid dienone is 1. The molecule has 2 aromatic carbocycles. The highest BCUT2D eigenvalue weighted by atomic mass is 79.9. The molecule has 0 fully saturated rings. The van der Waals surface area contributed by atoms with Crippen molar-refractivity contribution >= 4 is 34.6 Å². The van der Waals surface area contributed by atoms with Crippen LogP contribution in [0.1, 0.15) is 33.2 Å². The summed E-state index contributed by atoms with van der Waals surface area (Å²) in [6.07, 6.45) is 4.04. The summed E-state index contributed by atoms with van der Waals surface area (Å²) in [5.74, 6) is -0.0516. The van der Waals surface area contributed by atoms with E-state index in [9.17, 15) is 14.7 Å². The number of halogens is 1. The summed E-state index contributed by atoms with van der Waals surface area (Å²) in [5, 5.41) is 12.4. The first-order valence-electron chi connectivity index (χ1n) is 11.7. The molecule has 0 bridgehead atoms. The molecule has 3 aromatic rings. The van der Waals surface area contributed by atoms with Crippen LogP contribution < -0.4 is 21.6 Å². The standard InChI is InChI=1S/C27H31BrN2O4Si/c1-27(2,3)35(22-10-6-4-7-11-22,23-12-8-5-9-13-23)34-18-20-15-21(14-19(20)17-31)30-16-24(28)25(32)29-26(30)33/h4-14,16,20-21,31H,15,17-18H2,1-3H3,(H,29,32,33)/t20-,21+/m1/s1. The summed E-state index contributed by atoms with van der Waals surface area (Å²) >= 11 is 3.21. The lowest BCUT2D eigenvalue weighted by Gasteiger charge is -2.43. The molecule has 1 aliphatic carbocycles. The summed E-state index contributed by atoms with van der Waals surface area (Å²) in [4.78, 5) is 26.6. The van der Waals surface area contributed by atoms with Crippen LogP contribution >= 0.6 is 15.9 Å². The van der Waals surface area contributed by atoms with Crippen molar-refractivity contribution in [3.05, 3.63) is 104 Å². The van der Waals surface area contributed by atoms with Crippen molar-refractivity contribution in [3.63, 3.8) is 0 Å². The van der Waals surface area contributed by atoms with Crippen LogP contribution in [0.2, 0.25) is 5.04 Å². The van der Waals surface area contributed by atoms with Gasteiger partial charge in [0.05, 0.1) is 17.1 Å². The number of aromatic amines is 1. The quantitative estimate of drug-likeness (QED) is 0.346. The van der Waals surface area contributed by atoms with Crippen LogP contribution in [0, 0.1) is 5.92 Å². The normalized spacial score (nSPS) is 18.5. The minimum atomic E-state index is -2.72. The molecule has 0 amide bonds. The number of benzene rings is 2. The average molecular weight is 556 g/mol. The molecule has 1 aromatic heterocycles. The highest BCUT2D eigenvalue weighted by Crippen LogP contribution is 2.39. The molecule has 4 rings (SSSR count). The first-order valence-corrected chi connectivity index (χ1v) is 14.4. The van der Waals surface area contributed by atoms with Crippen molar-refractivity contribution < 1.29 is 9.53 Å². The molecule has 8 heteroatoms. The number of nitrogens with zero attached hydrogens (tertiary/aromatic N) is 1. The SMILES string of the molecule is CC(C)(C)[Si](OC[C@H]1C[C@@H](n2cc(Br)c(=O)[nH]c2=O)C=C1CO)(c1ccccc1)c1ccccc1. The maximum atomic E-state index is 12.5. The van der Waals surface area contributed by atoms with Crippen LogP contribution in [0.5, 0.6) is 0 Å². The zero-order valence-corrected chi connectivity index (χ0v) is 22.8. The molecule has 0 unspecified atom stereocenters. The van der Waals surface area contributed by atoms with Gasteiger partial charge in [0.15, 0.2) is 0 Å². The lowest BCUT2D eigenvalue weighted by Crippen LogP contribution is -2.66. The number of aromatic nitrogens is 2. The predicted octanol–water partition coefficient (Wildman–Crippen LogP) is 3.36. The fraction of sp³-hybridized carbons (Fsp3) is 0.333. The molecule has 1 aliphatic rings. The number of rotatable bonds is 7. The molecule has 0 saturated heterocycles. The number of hydrogen-bond donors (Lipinski definition) is 2. The van der Waals surface area contributed by atoms with Crippen LogP contribution in [-0.2, 0) is 4.43 Å². The van der Waals surface area contributed by atoms with Crippen molar-refractivity contribution in [1.82, 2.24) is 9.55 Å². The third kappa shape index (κ3) is 4.93. The molecule has 35 heavy (non-hydrogen) atoms. The van der Waals surface area contributed by atoms with Crippen molar-refractivity contribution in [2.75, 3.05) is 13.2 Å². The number of hydrogen-bond acceptors (Lipinski definition) is 4. The Hall–Kier alpha value is -2.52. The monoisotopic (exact) mass is 554 g/mol. The predicted molar refractivity (Wildman–Crippen MR) is 145 cm³/mol. The van der Waals surface area contributed by atoms with Gasteiger partial charge in [0.25, 0.3) is 13.9 Å². The minimum Gasteiger partial charge on any atom is -0.407 e. The molecule has 0 radical (unpaired) electrons. The largest absolute Gasteiger partial charge is 0.407 e. The van der Waals surface area contributed by atoms with Crippen LogP contribution in [0.25, 0.3) is 0 Å². The van der Waals surface area contributed by atoms with Gasteiger partial charge in [-0.05, 0) is 43.3 Å². The third-order valence-corrected chi connectivity index (χ3v) is 12.4.